The van der Waals surface area contributed by atoms with Gasteiger partial charge in [-0.3, -0.25) is 9.52 Å². The molecule has 0 spiro atoms. The number of para-hydroxylation sites is 1. The predicted octanol–water partition coefficient (Wildman–Crippen LogP) is 4.60. The van der Waals surface area contributed by atoms with E-state index in [4.69, 9.17) is 27.9 Å². The molecule has 0 saturated carbocycles. The molecule has 156 valence electrons. The van der Waals surface area contributed by atoms with E-state index in [-0.39, 0.29) is 28.6 Å². The standard InChI is InChI=1S/C21H18Cl2N2O4S/c22-16-7-9-18(10-8-16)29-13-12-24-21(26)15-6-11-19(23)20(14-15)30(27,28)25-17-4-2-1-3-5-17/h1-11,14,25H,12-13H2,(H,24,26). The van der Waals surface area contributed by atoms with Crippen molar-refractivity contribution < 1.29 is 17.9 Å². The van der Waals surface area contributed by atoms with Gasteiger partial charge >= 0.3 is 0 Å². The molecule has 0 unspecified atom stereocenters. The van der Waals surface area contributed by atoms with E-state index in [0.717, 1.165) is 0 Å². The maximum Gasteiger partial charge on any atom is 0.263 e. The number of amides is 1. The number of nitrogens with one attached hydrogen (secondary N) is 2. The van der Waals surface area contributed by atoms with Crippen molar-refractivity contribution in [1.82, 2.24) is 5.32 Å². The van der Waals surface area contributed by atoms with E-state index in [2.05, 4.69) is 10.0 Å². The molecule has 0 aromatic heterocycles. The highest BCUT2D eigenvalue weighted by atomic mass is 35.5. The van der Waals surface area contributed by atoms with Gasteiger partial charge in [-0.25, -0.2) is 8.42 Å². The second-order valence-corrected chi connectivity index (χ2v) is 8.67. The maximum absolute atomic E-state index is 12.7. The summed E-state index contributed by atoms with van der Waals surface area (Å²) in [6.07, 6.45) is 0. The van der Waals surface area contributed by atoms with Crippen molar-refractivity contribution in [2.45, 2.75) is 4.90 Å². The SMILES string of the molecule is O=C(NCCOc1ccc(Cl)cc1)c1ccc(Cl)c(S(=O)(=O)Nc2ccccc2)c1. The highest BCUT2D eigenvalue weighted by Crippen LogP contribution is 2.25. The van der Waals surface area contributed by atoms with Gasteiger partial charge in [-0.1, -0.05) is 41.4 Å². The fraction of sp³-hybridized carbons (Fsp3) is 0.0952. The van der Waals surface area contributed by atoms with E-state index in [0.29, 0.717) is 16.5 Å². The van der Waals surface area contributed by atoms with Crippen molar-refractivity contribution in [2.24, 2.45) is 0 Å². The Morgan fingerprint density at radius 1 is 0.933 bits per heavy atom. The Kier molecular flexibility index (Phi) is 7.20. The monoisotopic (exact) mass is 464 g/mol. The third-order valence-corrected chi connectivity index (χ3v) is 6.09. The Labute approximate surface area is 184 Å². The summed E-state index contributed by atoms with van der Waals surface area (Å²) in [4.78, 5) is 12.2. The van der Waals surface area contributed by atoms with E-state index >= 15 is 0 Å². The molecule has 2 N–H and O–H groups in total. The fourth-order valence-electron chi connectivity index (χ4n) is 2.53. The molecule has 0 fully saturated rings. The molecule has 0 aliphatic carbocycles. The number of ether oxygens (including phenoxy) is 1. The van der Waals surface area contributed by atoms with Gasteiger partial charge in [0.15, 0.2) is 0 Å². The largest absolute Gasteiger partial charge is 0.492 e. The summed E-state index contributed by atoms with van der Waals surface area (Å²) in [5, 5.41) is 3.30. The molecule has 0 radical (unpaired) electrons. The molecule has 0 aliphatic heterocycles. The Morgan fingerprint density at radius 2 is 1.63 bits per heavy atom. The van der Waals surface area contributed by atoms with Gasteiger partial charge in [-0.15, -0.1) is 0 Å². The van der Waals surface area contributed by atoms with Crippen LogP contribution in [0.3, 0.4) is 0 Å². The second kappa shape index (κ2) is 9.84. The summed E-state index contributed by atoms with van der Waals surface area (Å²) in [6.45, 7) is 0.468. The molecule has 0 heterocycles. The molecule has 3 rings (SSSR count). The van der Waals surface area contributed by atoms with Crippen LogP contribution in [-0.2, 0) is 10.0 Å². The predicted molar refractivity (Wildman–Crippen MR) is 118 cm³/mol. The van der Waals surface area contributed by atoms with Gasteiger partial charge in [0.2, 0.25) is 0 Å². The Bertz CT molecular complexity index is 1120. The average Bonchev–Trinajstić information content (AvgIpc) is 2.73. The summed E-state index contributed by atoms with van der Waals surface area (Å²) in [5.74, 6) is 0.183. The lowest BCUT2D eigenvalue weighted by molar-refractivity contribution is 0.0947. The molecular formula is C21H18Cl2N2O4S. The molecule has 0 atom stereocenters. The van der Waals surface area contributed by atoms with Crippen LogP contribution in [0.1, 0.15) is 10.4 Å². The number of halogens is 2. The molecule has 0 saturated heterocycles. The van der Waals surface area contributed by atoms with Crippen molar-refractivity contribution >= 4 is 44.8 Å². The van der Waals surface area contributed by atoms with Crippen LogP contribution < -0.4 is 14.8 Å². The number of hydrogen-bond acceptors (Lipinski definition) is 4. The summed E-state index contributed by atoms with van der Waals surface area (Å²) in [5.41, 5.74) is 0.557. The second-order valence-electron chi connectivity index (χ2n) is 6.18. The topological polar surface area (TPSA) is 84.5 Å². The molecule has 3 aromatic carbocycles. The van der Waals surface area contributed by atoms with Crippen LogP contribution in [0.15, 0.2) is 77.7 Å². The highest BCUT2D eigenvalue weighted by molar-refractivity contribution is 7.92. The third kappa shape index (κ3) is 5.89. The van der Waals surface area contributed by atoms with Crippen LogP contribution >= 0.6 is 23.2 Å². The van der Waals surface area contributed by atoms with Crippen molar-refractivity contribution in [1.29, 1.82) is 0 Å². The first kappa shape index (κ1) is 22.0. The maximum atomic E-state index is 12.7. The molecule has 0 bridgehead atoms. The number of carbonyl (C=O) groups is 1. The first-order chi connectivity index (χ1) is 14.3. The normalized spacial score (nSPS) is 11.0. The van der Waals surface area contributed by atoms with E-state index in [1.54, 1.807) is 54.6 Å². The van der Waals surface area contributed by atoms with Gasteiger partial charge < -0.3 is 10.1 Å². The van der Waals surface area contributed by atoms with Crippen LogP contribution in [0.2, 0.25) is 10.0 Å². The zero-order valence-electron chi connectivity index (χ0n) is 15.6. The first-order valence-electron chi connectivity index (χ1n) is 8.89. The minimum atomic E-state index is -3.96. The molecule has 3 aromatic rings. The molecular weight excluding hydrogens is 447 g/mol. The van der Waals surface area contributed by atoms with Gasteiger partial charge in [0, 0.05) is 16.3 Å². The molecule has 30 heavy (non-hydrogen) atoms. The Hall–Kier alpha value is -2.74. The van der Waals surface area contributed by atoms with Crippen LogP contribution in [-0.4, -0.2) is 27.5 Å². The zero-order valence-corrected chi connectivity index (χ0v) is 18.0. The summed E-state index contributed by atoms with van der Waals surface area (Å²) < 4.78 is 33.3. The van der Waals surface area contributed by atoms with Crippen molar-refractivity contribution in [3.63, 3.8) is 0 Å². The number of anilines is 1. The molecule has 1 amide bonds. The number of hydrogen-bond donors (Lipinski definition) is 2. The summed E-state index contributed by atoms with van der Waals surface area (Å²) in [6, 6.07) is 19.3. The van der Waals surface area contributed by atoms with Crippen molar-refractivity contribution in [2.75, 3.05) is 17.9 Å². The van der Waals surface area contributed by atoms with Crippen LogP contribution in [0.5, 0.6) is 5.75 Å². The van der Waals surface area contributed by atoms with Crippen LogP contribution in [0.4, 0.5) is 5.69 Å². The Balaban J connectivity index is 1.63. The van der Waals surface area contributed by atoms with Crippen molar-refractivity contribution in [3.8, 4) is 5.75 Å². The smallest absolute Gasteiger partial charge is 0.263 e. The molecule has 9 heteroatoms. The van der Waals surface area contributed by atoms with Gasteiger partial charge in [-0.2, -0.15) is 0 Å². The lowest BCUT2D eigenvalue weighted by Crippen LogP contribution is -2.28. The number of sulfonamides is 1. The van der Waals surface area contributed by atoms with Crippen LogP contribution in [0, 0.1) is 0 Å². The molecule has 6 nitrogen and oxygen atoms in total. The van der Waals surface area contributed by atoms with E-state index in [1.165, 1.54) is 18.2 Å². The summed E-state index contributed by atoms with van der Waals surface area (Å²) in [7, 11) is -3.96. The Morgan fingerprint density at radius 3 is 2.33 bits per heavy atom. The van der Waals surface area contributed by atoms with Crippen LogP contribution in [0.25, 0.3) is 0 Å². The van der Waals surface area contributed by atoms with E-state index in [1.807, 2.05) is 0 Å². The van der Waals surface area contributed by atoms with Gasteiger partial charge in [-0.05, 0) is 54.6 Å². The minimum Gasteiger partial charge on any atom is -0.492 e. The summed E-state index contributed by atoms with van der Waals surface area (Å²) >= 11 is 11.9. The quantitative estimate of drug-likeness (QED) is 0.476. The number of rotatable bonds is 8. The fourth-order valence-corrected chi connectivity index (χ4v) is 4.24. The van der Waals surface area contributed by atoms with Crippen molar-refractivity contribution in [3.05, 3.63) is 88.4 Å². The lowest BCUT2D eigenvalue weighted by atomic mass is 10.2. The van der Waals surface area contributed by atoms with Gasteiger partial charge in [0.1, 0.15) is 17.3 Å². The van der Waals surface area contributed by atoms with Gasteiger partial charge in [0.05, 0.1) is 11.6 Å². The average molecular weight is 465 g/mol. The molecule has 0 aliphatic rings. The van der Waals surface area contributed by atoms with Gasteiger partial charge in [0.25, 0.3) is 15.9 Å². The van der Waals surface area contributed by atoms with E-state index < -0.39 is 15.9 Å². The third-order valence-electron chi connectivity index (χ3n) is 3.98. The zero-order chi connectivity index (χ0) is 21.6. The van der Waals surface area contributed by atoms with E-state index in [9.17, 15) is 13.2 Å². The number of carbonyl (C=O) groups excluding carboxylic acids is 1. The first-order valence-corrected chi connectivity index (χ1v) is 11.1. The minimum absolute atomic E-state index is 0.0149. The number of benzene rings is 3. The lowest BCUT2D eigenvalue weighted by Gasteiger charge is -2.12. The highest BCUT2D eigenvalue weighted by Gasteiger charge is 2.20.